The summed E-state index contributed by atoms with van der Waals surface area (Å²) in [4.78, 5) is 30.4. The van der Waals surface area contributed by atoms with Crippen molar-refractivity contribution >= 4 is 17.6 Å². The van der Waals surface area contributed by atoms with Gasteiger partial charge in [-0.1, -0.05) is 25.8 Å². The highest BCUT2D eigenvalue weighted by Crippen LogP contribution is 2.49. The molecule has 1 aromatic heterocycles. The van der Waals surface area contributed by atoms with E-state index in [0.29, 0.717) is 30.3 Å². The fraction of sp³-hybridized carbons (Fsp3) is 0.435. The summed E-state index contributed by atoms with van der Waals surface area (Å²) in [5.74, 6) is 0.841. The van der Waals surface area contributed by atoms with Gasteiger partial charge in [-0.05, 0) is 55.5 Å². The minimum Gasteiger partial charge on any atom is -0.439 e. The number of hydrogen-bond acceptors (Lipinski definition) is 5. The Morgan fingerprint density at radius 2 is 2.00 bits per heavy atom. The molecule has 2 fully saturated rings. The minimum absolute atomic E-state index is 0.151. The van der Waals surface area contributed by atoms with Gasteiger partial charge in [-0.15, -0.1) is 0 Å². The molecule has 2 aromatic rings. The molecule has 1 aliphatic carbocycles. The normalized spacial score (nSPS) is 24.4. The Morgan fingerprint density at radius 1 is 1.20 bits per heavy atom. The number of benzene rings is 1. The van der Waals surface area contributed by atoms with Gasteiger partial charge in [0, 0.05) is 6.07 Å². The zero-order valence-corrected chi connectivity index (χ0v) is 17.2. The van der Waals surface area contributed by atoms with Crippen LogP contribution in [0.5, 0.6) is 11.6 Å². The average molecular weight is 407 g/mol. The molecule has 1 saturated heterocycles. The highest BCUT2D eigenvalue weighted by Gasteiger charge is 2.47. The van der Waals surface area contributed by atoms with Crippen LogP contribution in [0.25, 0.3) is 0 Å². The van der Waals surface area contributed by atoms with E-state index in [1.807, 2.05) is 13.0 Å². The third kappa shape index (κ3) is 2.88. The smallest absolute Gasteiger partial charge is 0.329 e. The van der Waals surface area contributed by atoms with Gasteiger partial charge in [0.05, 0.1) is 24.1 Å². The molecule has 1 saturated carbocycles. The van der Waals surface area contributed by atoms with E-state index in [-0.39, 0.29) is 11.5 Å². The van der Waals surface area contributed by atoms with Crippen LogP contribution in [-0.4, -0.2) is 22.5 Å². The monoisotopic (exact) mass is 407 g/mol. The molecule has 3 amide bonds. The van der Waals surface area contributed by atoms with Crippen molar-refractivity contribution in [2.75, 3.05) is 4.90 Å². The molecule has 1 aromatic carbocycles. The van der Waals surface area contributed by atoms with Gasteiger partial charge in [0.1, 0.15) is 11.3 Å². The van der Waals surface area contributed by atoms with Crippen molar-refractivity contribution in [3.05, 3.63) is 47.7 Å². The van der Waals surface area contributed by atoms with E-state index in [0.717, 1.165) is 17.7 Å². The van der Waals surface area contributed by atoms with Crippen LogP contribution in [-0.2, 0) is 21.7 Å². The van der Waals surface area contributed by atoms with Crippen LogP contribution in [0, 0.1) is 0 Å². The van der Waals surface area contributed by atoms with E-state index in [1.165, 1.54) is 30.2 Å². The average Bonchev–Trinajstić information content (AvgIpc) is 3.42. The number of hydrogen-bond donors (Lipinski definition) is 1. The number of ether oxygens (including phenoxy) is 2. The Hall–Kier alpha value is -2.93. The van der Waals surface area contributed by atoms with Gasteiger partial charge >= 0.3 is 6.03 Å². The van der Waals surface area contributed by atoms with Gasteiger partial charge in [-0.3, -0.25) is 4.79 Å². The van der Waals surface area contributed by atoms with Crippen LogP contribution in [0.1, 0.15) is 57.1 Å². The summed E-state index contributed by atoms with van der Waals surface area (Å²) in [5.41, 5.74) is 1.85. The Morgan fingerprint density at radius 3 is 2.67 bits per heavy atom. The van der Waals surface area contributed by atoms with Crippen molar-refractivity contribution < 1.29 is 19.1 Å². The summed E-state index contributed by atoms with van der Waals surface area (Å²) in [6.45, 7) is 4.26. The molecule has 7 nitrogen and oxygen atoms in total. The molecule has 0 radical (unpaired) electrons. The predicted molar refractivity (Wildman–Crippen MR) is 110 cm³/mol. The van der Waals surface area contributed by atoms with Crippen LogP contribution >= 0.6 is 0 Å². The maximum atomic E-state index is 12.6. The van der Waals surface area contributed by atoms with Gasteiger partial charge in [0.15, 0.2) is 0 Å². The molecule has 1 spiro atoms. The third-order valence-corrected chi connectivity index (χ3v) is 6.66. The Bertz CT molecular complexity index is 1010. The predicted octanol–water partition coefficient (Wildman–Crippen LogP) is 4.40. The number of carbonyl (C=O) groups excluding carboxylic acids is 2. The maximum Gasteiger partial charge on any atom is 0.329 e. The van der Waals surface area contributed by atoms with Crippen molar-refractivity contribution in [1.29, 1.82) is 0 Å². The van der Waals surface area contributed by atoms with Crippen molar-refractivity contribution in [1.82, 2.24) is 10.3 Å². The molecule has 0 unspecified atom stereocenters. The van der Waals surface area contributed by atoms with Gasteiger partial charge in [-0.2, -0.15) is 0 Å². The lowest BCUT2D eigenvalue weighted by atomic mass is 9.91. The summed E-state index contributed by atoms with van der Waals surface area (Å²) in [7, 11) is 0. The lowest BCUT2D eigenvalue weighted by Crippen LogP contribution is -2.43. The van der Waals surface area contributed by atoms with E-state index < -0.39 is 11.6 Å². The minimum atomic E-state index is -0.880. The molecular weight excluding hydrogens is 382 g/mol. The zero-order chi connectivity index (χ0) is 20.9. The van der Waals surface area contributed by atoms with Gasteiger partial charge < -0.3 is 14.8 Å². The molecule has 30 heavy (non-hydrogen) atoms. The first-order valence-electron chi connectivity index (χ1n) is 10.5. The third-order valence-electron chi connectivity index (χ3n) is 6.66. The fourth-order valence-electron chi connectivity index (χ4n) is 4.67. The number of pyridine rings is 1. The van der Waals surface area contributed by atoms with Crippen LogP contribution in [0.15, 0.2) is 36.5 Å². The van der Waals surface area contributed by atoms with Gasteiger partial charge in [0.25, 0.3) is 5.91 Å². The van der Waals surface area contributed by atoms with Crippen LogP contribution in [0.4, 0.5) is 10.5 Å². The van der Waals surface area contributed by atoms with E-state index >= 15 is 0 Å². The zero-order valence-electron chi connectivity index (χ0n) is 17.2. The molecular formula is C23H25N3O4. The number of nitrogens with zero attached hydrogens (tertiary/aromatic N) is 2. The first-order valence-corrected chi connectivity index (χ1v) is 10.5. The number of carbonyl (C=O) groups is 2. The summed E-state index contributed by atoms with van der Waals surface area (Å²) < 4.78 is 12.1. The first kappa shape index (κ1) is 19.1. The van der Waals surface area contributed by atoms with Crippen molar-refractivity contribution in [2.24, 2.45) is 0 Å². The van der Waals surface area contributed by atoms with E-state index in [9.17, 15) is 9.59 Å². The summed E-state index contributed by atoms with van der Waals surface area (Å²) in [5, 5.41) is 2.75. The number of anilines is 1. The number of fused-ring (bicyclic) bond motifs is 2. The van der Waals surface area contributed by atoms with Crippen LogP contribution in [0.3, 0.4) is 0 Å². The molecule has 3 heterocycles. The van der Waals surface area contributed by atoms with Crippen molar-refractivity contribution in [3.8, 4) is 11.6 Å². The lowest BCUT2D eigenvalue weighted by Gasteiger charge is -2.23. The lowest BCUT2D eigenvalue weighted by molar-refractivity contribution is -0.121. The highest BCUT2D eigenvalue weighted by molar-refractivity contribution is 6.23. The standard InChI is InChI=1S/C23H25N3O4/c1-3-22(2)20(27)26(21(28)25-22)16-7-9-19(24-13-16)30-17-8-6-15-14-29-23(18(15)12-17)10-4-5-11-23/h6-9,12-13H,3-5,10-11,14H2,1-2H3,(H,25,28)/t22-/m1/s1. The van der Waals surface area contributed by atoms with E-state index in [2.05, 4.69) is 22.4 Å². The SMILES string of the molecule is CC[C@@]1(C)NC(=O)N(c2ccc(Oc3ccc4c(c3)C3(CCCC3)OC4)nc2)C1=O. The molecule has 5 rings (SSSR count). The second-order valence-electron chi connectivity index (χ2n) is 8.52. The fourth-order valence-corrected chi connectivity index (χ4v) is 4.67. The Kier molecular flexibility index (Phi) is 4.32. The van der Waals surface area contributed by atoms with Crippen molar-refractivity contribution in [2.45, 2.75) is 63.7 Å². The molecule has 156 valence electrons. The largest absolute Gasteiger partial charge is 0.439 e. The first-order chi connectivity index (χ1) is 14.4. The number of urea groups is 1. The molecule has 7 heteroatoms. The van der Waals surface area contributed by atoms with Crippen molar-refractivity contribution in [3.63, 3.8) is 0 Å². The molecule has 0 bridgehead atoms. The van der Waals surface area contributed by atoms with Crippen LogP contribution in [0.2, 0.25) is 0 Å². The Labute approximate surface area is 175 Å². The van der Waals surface area contributed by atoms with Gasteiger partial charge in [-0.25, -0.2) is 14.7 Å². The number of amides is 3. The van der Waals surface area contributed by atoms with E-state index in [1.54, 1.807) is 19.1 Å². The van der Waals surface area contributed by atoms with E-state index in [4.69, 9.17) is 9.47 Å². The quantitative estimate of drug-likeness (QED) is 0.760. The molecule has 1 atom stereocenters. The number of imide groups is 1. The topological polar surface area (TPSA) is 80.8 Å². The Balaban J connectivity index is 1.35. The maximum absolute atomic E-state index is 12.6. The summed E-state index contributed by atoms with van der Waals surface area (Å²) >= 11 is 0. The molecule has 3 aliphatic rings. The second-order valence-corrected chi connectivity index (χ2v) is 8.52. The number of aromatic nitrogens is 1. The summed E-state index contributed by atoms with van der Waals surface area (Å²) in [6, 6.07) is 8.97. The molecule has 2 aliphatic heterocycles. The second kappa shape index (κ2) is 6.80. The number of nitrogens with one attached hydrogen (secondary N) is 1. The van der Waals surface area contributed by atoms with Gasteiger partial charge in [0.2, 0.25) is 5.88 Å². The summed E-state index contributed by atoms with van der Waals surface area (Å²) in [6.07, 6.45) is 6.49. The highest BCUT2D eigenvalue weighted by atomic mass is 16.5. The van der Waals surface area contributed by atoms with Crippen LogP contribution < -0.4 is 15.0 Å². The number of rotatable bonds is 4. The molecule has 1 N–H and O–H groups in total.